The van der Waals surface area contributed by atoms with E-state index in [2.05, 4.69) is 10.2 Å². The molecular formula is C22H24ClFN2O3. The first-order valence-electron chi connectivity index (χ1n) is 9.64. The Morgan fingerprint density at radius 1 is 1.17 bits per heavy atom. The number of hydrogen-bond acceptors (Lipinski definition) is 3. The topological polar surface area (TPSA) is 69.6 Å². The molecule has 1 aliphatic heterocycles. The third-order valence-electron chi connectivity index (χ3n) is 5.39. The van der Waals surface area contributed by atoms with Gasteiger partial charge in [-0.05, 0) is 67.6 Å². The number of carbonyl (C=O) groups excluding carboxylic acids is 1. The zero-order valence-corrected chi connectivity index (χ0v) is 17.0. The number of hydrogen-bond donors (Lipinski definition) is 2. The van der Waals surface area contributed by atoms with Gasteiger partial charge in [-0.3, -0.25) is 4.79 Å². The number of aryl methyl sites for hydroxylation is 1. The monoisotopic (exact) mass is 418 g/mol. The third-order valence-corrected chi connectivity index (χ3v) is 5.68. The minimum Gasteiger partial charge on any atom is -0.478 e. The summed E-state index contributed by atoms with van der Waals surface area (Å²) in [5.41, 5.74) is 2.81. The molecule has 0 unspecified atom stereocenters. The first-order chi connectivity index (χ1) is 13.8. The van der Waals surface area contributed by atoms with E-state index in [1.807, 2.05) is 13.0 Å². The van der Waals surface area contributed by atoms with Crippen molar-refractivity contribution in [3.8, 4) is 0 Å². The lowest BCUT2D eigenvalue weighted by atomic mass is 10.0. The number of likely N-dealkylation sites (tertiary alicyclic amines) is 1. The highest BCUT2D eigenvalue weighted by Gasteiger charge is 2.21. The van der Waals surface area contributed by atoms with Crippen molar-refractivity contribution in [2.24, 2.45) is 0 Å². The molecule has 1 heterocycles. The lowest BCUT2D eigenvalue weighted by Gasteiger charge is -2.32. The van der Waals surface area contributed by atoms with Crippen molar-refractivity contribution >= 4 is 23.5 Å². The number of amides is 1. The molecule has 2 N–H and O–H groups in total. The van der Waals surface area contributed by atoms with Gasteiger partial charge in [0.05, 0.1) is 10.6 Å². The van der Waals surface area contributed by atoms with Crippen molar-refractivity contribution in [2.45, 2.75) is 32.2 Å². The van der Waals surface area contributed by atoms with E-state index in [1.165, 1.54) is 18.2 Å². The van der Waals surface area contributed by atoms with Gasteiger partial charge in [-0.25, -0.2) is 9.18 Å². The van der Waals surface area contributed by atoms with Crippen molar-refractivity contribution in [1.82, 2.24) is 10.2 Å². The second kappa shape index (κ2) is 9.37. The van der Waals surface area contributed by atoms with Crippen molar-refractivity contribution in [1.29, 1.82) is 0 Å². The fourth-order valence-electron chi connectivity index (χ4n) is 3.59. The molecular weight excluding hydrogens is 395 g/mol. The minimum absolute atomic E-state index is 0.0563. The van der Waals surface area contributed by atoms with Gasteiger partial charge in [0.1, 0.15) is 5.82 Å². The lowest BCUT2D eigenvalue weighted by Crippen LogP contribution is -2.45. The second-order valence-electron chi connectivity index (χ2n) is 7.41. The maximum Gasteiger partial charge on any atom is 0.335 e. The number of piperidine rings is 1. The molecule has 0 radical (unpaired) electrons. The molecule has 0 aromatic heterocycles. The molecule has 154 valence electrons. The van der Waals surface area contributed by atoms with Gasteiger partial charge < -0.3 is 15.3 Å². The van der Waals surface area contributed by atoms with Gasteiger partial charge in [-0.2, -0.15) is 0 Å². The molecule has 3 rings (SSSR count). The summed E-state index contributed by atoms with van der Waals surface area (Å²) >= 11 is 5.75. The van der Waals surface area contributed by atoms with E-state index in [0.29, 0.717) is 11.1 Å². The lowest BCUT2D eigenvalue weighted by molar-refractivity contribution is 0.0696. The summed E-state index contributed by atoms with van der Waals surface area (Å²) in [7, 11) is 0. The molecule has 7 heteroatoms. The molecule has 1 fully saturated rings. The maximum atomic E-state index is 13.2. The summed E-state index contributed by atoms with van der Waals surface area (Å²) < 4.78 is 13.2. The quantitative estimate of drug-likeness (QED) is 0.745. The number of carboxylic acids is 1. The van der Waals surface area contributed by atoms with Crippen LogP contribution in [-0.2, 0) is 6.42 Å². The van der Waals surface area contributed by atoms with E-state index in [9.17, 15) is 14.0 Å². The Morgan fingerprint density at radius 3 is 2.48 bits per heavy atom. The van der Waals surface area contributed by atoms with Crippen LogP contribution in [0.5, 0.6) is 0 Å². The molecule has 2 aromatic rings. The van der Waals surface area contributed by atoms with Crippen LogP contribution in [0.4, 0.5) is 4.39 Å². The zero-order chi connectivity index (χ0) is 21.0. The Labute approximate surface area is 174 Å². The molecule has 0 bridgehead atoms. The molecule has 1 saturated heterocycles. The Morgan fingerprint density at radius 2 is 1.86 bits per heavy atom. The van der Waals surface area contributed by atoms with E-state index in [4.69, 9.17) is 16.7 Å². The summed E-state index contributed by atoms with van der Waals surface area (Å²) in [5, 5.41) is 12.0. The highest BCUT2D eigenvalue weighted by atomic mass is 35.5. The normalized spacial score (nSPS) is 15.3. The van der Waals surface area contributed by atoms with Crippen LogP contribution in [0.1, 0.15) is 44.7 Å². The summed E-state index contributed by atoms with van der Waals surface area (Å²) in [5.74, 6) is -1.68. The van der Waals surface area contributed by atoms with Gasteiger partial charge in [0.25, 0.3) is 5.91 Å². The molecule has 29 heavy (non-hydrogen) atoms. The molecule has 2 aromatic carbocycles. The Bertz CT molecular complexity index is 911. The summed E-state index contributed by atoms with van der Waals surface area (Å²) in [6.45, 7) is 4.58. The number of nitrogens with one attached hydrogen (secondary N) is 1. The van der Waals surface area contributed by atoms with Crippen LogP contribution in [-0.4, -0.2) is 47.6 Å². The van der Waals surface area contributed by atoms with Gasteiger partial charge in [-0.15, -0.1) is 0 Å². The molecule has 0 atom stereocenters. The average Bonchev–Trinajstić information content (AvgIpc) is 2.70. The smallest absolute Gasteiger partial charge is 0.335 e. The van der Waals surface area contributed by atoms with Crippen molar-refractivity contribution in [3.63, 3.8) is 0 Å². The largest absolute Gasteiger partial charge is 0.478 e. The van der Waals surface area contributed by atoms with E-state index in [-0.39, 0.29) is 17.0 Å². The van der Waals surface area contributed by atoms with Crippen LogP contribution in [0.25, 0.3) is 0 Å². The second-order valence-corrected chi connectivity index (χ2v) is 7.82. The van der Waals surface area contributed by atoms with E-state index >= 15 is 0 Å². The number of halogens is 2. The van der Waals surface area contributed by atoms with Gasteiger partial charge >= 0.3 is 5.97 Å². The predicted octanol–water partition coefficient (Wildman–Crippen LogP) is 3.92. The highest BCUT2D eigenvalue weighted by Crippen LogP contribution is 2.18. The van der Waals surface area contributed by atoms with Gasteiger partial charge in [0.2, 0.25) is 0 Å². The van der Waals surface area contributed by atoms with Crippen LogP contribution in [0.2, 0.25) is 5.02 Å². The number of rotatable bonds is 6. The highest BCUT2D eigenvalue weighted by molar-refractivity contribution is 6.31. The standard InChI is InChI=1S/C22H24ClFN2O3/c1-14-12-17(22(28)29)3-2-15(14)6-9-26-10-7-18(8-11-26)25-21(27)16-4-5-20(24)19(23)13-16/h2-5,12-13,18H,6-11H2,1H3,(H,25,27)(H,28,29). The van der Waals surface area contributed by atoms with Crippen LogP contribution < -0.4 is 5.32 Å². The molecule has 0 spiro atoms. The van der Waals surface area contributed by atoms with Gasteiger partial charge in [0.15, 0.2) is 0 Å². The fourth-order valence-corrected chi connectivity index (χ4v) is 3.78. The van der Waals surface area contributed by atoms with Crippen LogP contribution in [0.3, 0.4) is 0 Å². The maximum absolute atomic E-state index is 13.2. The number of benzene rings is 2. The fraction of sp³-hybridized carbons (Fsp3) is 0.364. The minimum atomic E-state index is -0.910. The van der Waals surface area contributed by atoms with E-state index in [0.717, 1.165) is 50.0 Å². The summed E-state index contributed by atoms with van der Waals surface area (Å²) in [6, 6.07) is 9.31. The number of carboxylic acid groups (broad SMARTS) is 1. The molecule has 0 saturated carbocycles. The Hall–Kier alpha value is -2.44. The van der Waals surface area contributed by atoms with Crippen molar-refractivity contribution in [2.75, 3.05) is 19.6 Å². The zero-order valence-electron chi connectivity index (χ0n) is 16.3. The van der Waals surface area contributed by atoms with Crippen LogP contribution in [0, 0.1) is 12.7 Å². The molecule has 0 aliphatic carbocycles. The summed E-state index contributed by atoms with van der Waals surface area (Å²) in [6.07, 6.45) is 2.55. The number of aromatic carboxylic acids is 1. The van der Waals surface area contributed by atoms with Gasteiger partial charge in [-0.1, -0.05) is 17.7 Å². The van der Waals surface area contributed by atoms with Gasteiger partial charge in [0, 0.05) is 31.2 Å². The SMILES string of the molecule is Cc1cc(C(=O)O)ccc1CCN1CCC(NC(=O)c2ccc(F)c(Cl)c2)CC1. The Kier molecular flexibility index (Phi) is 6.87. The first kappa shape index (κ1) is 21.3. The molecule has 5 nitrogen and oxygen atoms in total. The van der Waals surface area contributed by atoms with E-state index in [1.54, 1.807) is 12.1 Å². The number of carbonyl (C=O) groups is 2. The van der Waals surface area contributed by atoms with Crippen molar-refractivity contribution < 1.29 is 19.1 Å². The van der Waals surface area contributed by atoms with Crippen molar-refractivity contribution in [3.05, 3.63) is 69.5 Å². The predicted molar refractivity (Wildman–Crippen MR) is 110 cm³/mol. The third kappa shape index (κ3) is 5.55. The molecule has 1 amide bonds. The Balaban J connectivity index is 1.46. The first-order valence-corrected chi connectivity index (χ1v) is 10.0. The van der Waals surface area contributed by atoms with E-state index < -0.39 is 11.8 Å². The average molecular weight is 419 g/mol. The number of nitrogens with zero attached hydrogens (tertiary/aromatic N) is 1. The van der Waals surface area contributed by atoms with Crippen LogP contribution in [0.15, 0.2) is 36.4 Å². The summed E-state index contributed by atoms with van der Waals surface area (Å²) in [4.78, 5) is 25.7. The molecule has 1 aliphatic rings. The van der Waals surface area contributed by atoms with Crippen LogP contribution >= 0.6 is 11.6 Å².